The Morgan fingerprint density at radius 3 is 2.42 bits per heavy atom. The van der Waals surface area contributed by atoms with Crippen LogP contribution < -0.4 is 11.2 Å². The summed E-state index contributed by atoms with van der Waals surface area (Å²) < 4.78 is 1.96. The molecule has 0 radical (unpaired) electrons. The van der Waals surface area contributed by atoms with E-state index in [2.05, 4.69) is 53.9 Å². The van der Waals surface area contributed by atoms with Crippen molar-refractivity contribution in [3.63, 3.8) is 0 Å². The van der Waals surface area contributed by atoms with Crippen LogP contribution in [-0.2, 0) is 6.54 Å². The Kier molecular flexibility index (Phi) is 5.92. The number of fused-ring (bicyclic) bond motifs is 2. The fraction of sp³-hybridized carbons (Fsp3) is 0.333. The zero-order valence-corrected chi connectivity index (χ0v) is 18.6. The zero-order chi connectivity index (χ0) is 22.1. The highest BCUT2D eigenvalue weighted by molar-refractivity contribution is 6.30. The summed E-state index contributed by atoms with van der Waals surface area (Å²) in [6, 6.07) is 14.0. The van der Waals surface area contributed by atoms with E-state index >= 15 is 0 Å². The van der Waals surface area contributed by atoms with Crippen LogP contribution >= 0.6 is 11.6 Å². The largest absolute Gasteiger partial charge is 0.349 e. The summed E-state index contributed by atoms with van der Waals surface area (Å²) in [5, 5.41) is 0.714. The molecule has 6 nitrogen and oxygen atoms in total. The molecule has 7 heteroatoms. The number of nitrogens with one attached hydrogen (secondary N) is 1. The molecule has 0 aromatic heterocycles. The van der Waals surface area contributed by atoms with Crippen LogP contribution in [0.4, 0.5) is 0 Å². The van der Waals surface area contributed by atoms with E-state index in [1.165, 1.54) is 5.56 Å². The van der Waals surface area contributed by atoms with Crippen molar-refractivity contribution in [3.05, 3.63) is 79.5 Å². The number of aryl methyl sites for hydroxylation is 1. The molecule has 0 bridgehead atoms. The summed E-state index contributed by atoms with van der Waals surface area (Å²) in [6.07, 6.45) is 1.78. The Morgan fingerprint density at radius 2 is 1.74 bits per heavy atom. The number of halogens is 1. The highest BCUT2D eigenvalue weighted by Gasteiger charge is 2.20. The lowest BCUT2D eigenvalue weighted by atomic mass is 9.93. The summed E-state index contributed by atoms with van der Waals surface area (Å²) in [6.45, 7) is 6.99. The summed E-state index contributed by atoms with van der Waals surface area (Å²) in [7, 11) is 0. The Hall–Kier alpha value is -2.99. The molecular weight excluding hydrogens is 412 g/mol. The van der Waals surface area contributed by atoms with Gasteiger partial charge in [0.05, 0.1) is 11.0 Å². The molecule has 1 unspecified atom stereocenters. The summed E-state index contributed by atoms with van der Waals surface area (Å²) >= 11 is 6.05. The number of benzene rings is 2. The van der Waals surface area contributed by atoms with Crippen molar-refractivity contribution in [1.29, 1.82) is 0 Å². The normalized spacial score (nSPS) is 12.7. The maximum Gasteiger partial charge on any atom is 0.349 e. The van der Waals surface area contributed by atoms with Gasteiger partial charge >= 0.3 is 5.69 Å². The number of aromatic nitrogens is 4. The van der Waals surface area contributed by atoms with Gasteiger partial charge in [-0.05, 0) is 60.1 Å². The highest BCUT2D eigenvalue weighted by Crippen LogP contribution is 2.29. The third kappa shape index (κ3) is 4.26. The first-order valence-electron chi connectivity index (χ1n) is 10.6. The number of rotatable bonds is 6. The van der Waals surface area contributed by atoms with Crippen LogP contribution in [0, 0.1) is 0 Å². The van der Waals surface area contributed by atoms with E-state index in [9.17, 15) is 9.59 Å². The Morgan fingerprint density at radius 1 is 1.03 bits per heavy atom. The standard InChI is InChI=1S/C24H25ClN4O2/c1-4-15(16-5-8-18(25)9-6-16)11-12-29-20-10-7-17(14(2)3)13-19(20)26-21-22(29)27-24(31)28-23(21)30/h5-10,13-15H,4,11-12H2,1-3H3,(H,28,30,31). The summed E-state index contributed by atoms with van der Waals surface area (Å²) in [5.74, 6) is 0.973. The second-order valence-electron chi connectivity index (χ2n) is 8.15. The molecule has 2 aromatic carbocycles. The summed E-state index contributed by atoms with van der Waals surface area (Å²) in [5.41, 5.74) is 2.97. The molecule has 0 aliphatic carbocycles. The van der Waals surface area contributed by atoms with Gasteiger partial charge in [-0.2, -0.15) is 4.98 Å². The molecule has 1 atom stereocenters. The molecule has 2 aliphatic heterocycles. The van der Waals surface area contributed by atoms with E-state index in [1.807, 2.05) is 28.8 Å². The van der Waals surface area contributed by atoms with Crippen molar-refractivity contribution < 1.29 is 0 Å². The first-order chi connectivity index (χ1) is 14.9. The lowest BCUT2D eigenvalue weighted by molar-refractivity contribution is 0.540. The molecule has 2 aliphatic rings. The van der Waals surface area contributed by atoms with Gasteiger partial charge in [0.2, 0.25) is 0 Å². The Bertz CT molecular complexity index is 1310. The van der Waals surface area contributed by atoms with Gasteiger partial charge in [-0.3, -0.25) is 9.78 Å². The van der Waals surface area contributed by atoms with Crippen molar-refractivity contribution in [2.75, 3.05) is 0 Å². The fourth-order valence-electron chi connectivity index (χ4n) is 4.03. The molecule has 31 heavy (non-hydrogen) atoms. The SMILES string of the molecule is CCC(CCn1c2nc(=O)[nH]c(=O)c-2nc2cc(C(C)C)ccc21)c1ccc(Cl)cc1. The van der Waals surface area contributed by atoms with E-state index in [0.29, 0.717) is 29.2 Å². The van der Waals surface area contributed by atoms with Crippen LogP contribution in [0.2, 0.25) is 5.02 Å². The van der Waals surface area contributed by atoms with Crippen LogP contribution in [0.3, 0.4) is 0 Å². The molecule has 4 rings (SSSR count). The van der Waals surface area contributed by atoms with Crippen molar-refractivity contribution in [1.82, 2.24) is 19.5 Å². The highest BCUT2D eigenvalue weighted by atomic mass is 35.5. The van der Waals surface area contributed by atoms with E-state index in [0.717, 1.165) is 29.4 Å². The minimum absolute atomic E-state index is 0.188. The third-order valence-corrected chi connectivity index (χ3v) is 6.09. The first kappa shape index (κ1) is 21.2. The Labute approximate surface area is 185 Å². The maximum absolute atomic E-state index is 12.5. The molecule has 0 spiro atoms. The van der Waals surface area contributed by atoms with Crippen LogP contribution in [0.1, 0.15) is 56.6 Å². The monoisotopic (exact) mass is 436 g/mol. The quantitative estimate of drug-likeness (QED) is 0.434. The first-order valence-corrected chi connectivity index (χ1v) is 10.9. The number of H-pyrrole nitrogens is 1. The average molecular weight is 437 g/mol. The van der Waals surface area contributed by atoms with Crippen molar-refractivity contribution in [2.45, 2.75) is 52.0 Å². The van der Waals surface area contributed by atoms with Gasteiger partial charge in [-0.15, -0.1) is 0 Å². The molecule has 0 saturated heterocycles. The van der Waals surface area contributed by atoms with Gasteiger partial charge in [0.25, 0.3) is 5.56 Å². The molecule has 0 amide bonds. The zero-order valence-electron chi connectivity index (χ0n) is 17.9. The van der Waals surface area contributed by atoms with Gasteiger partial charge in [-0.25, -0.2) is 9.78 Å². The van der Waals surface area contributed by atoms with Crippen LogP contribution in [0.15, 0.2) is 52.1 Å². The van der Waals surface area contributed by atoms with Crippen molar-refractivity contribution in [3.8, 4) is 11.5 Å². The van der Waals surface area contributed by atoms with E-state index in [1.54, 1.807) is 0 Å². The van der Waals surface area contributed by atoms with Crippen LogP contribution in [-0.4, -0.2) is 19.5 Å². The lowest BCUT2D eigenvalue weighted by Gasteiger charge is -2.21. The van der Waals surface area contributed by atoms with Gasteiger partial charge < -0.3 is 4.57 Å². The van der Waals surface area contributed by atoms with Gasteiger partial charge in [0, 0.05) is 11.6 Å². The van der Waals surface area contributed by atoms with E-state index in [4.69, 9.17) is 11.6 Å². The molecule has 1 N–H and O–H groups in total. The van der Waals surface area contributed by atoms with Gasteiger partial charge in [0.1, 0.15) is 0 Å². The second-order valence-corrected chi connectivity index (χ2v) is 8.59. The smallest absolute Gasteiger partial charge is 0.322 e. The molecule has 0 saturated carbocycles. The second kappa shape index (κ2) is 8.63. The topological polar surface area (TPSA) is 80.6 Å². The molecular formula is C24H25ClN4O2. The maximum atomic E-state index is 12.5. The summed E-state index contributed by atoms with van der Waals surface area (Å²) in [4.78, 5) is 35.3. The van der Waals surface area contributed by atoms with Crippen LogP contribution in [0.25, 0.3) is 22.6 Å². The average Bonchev–Trinajstić information content (AvgIpc) is 2.74. The van der Waals surface area contributed by atoms with Crippen molar-refractivity contribution in [2.24, 2.45) is 0 Å². The lowest BCUT2D eigenvalue weighted by Crippen LogP contribution is -2.29. The van der Waals surface area contributed by atoms with Gasteiger partial charge in [0.15, 0.2) is 11.5 Å². The predicted octanol–water partition coefficient (Wildman–Crippen LogP) is 4.95. The third-order valence-electron chi connectivity index (χ3n) is 5.84. The van der Waals surface area contributed by atoms with E-state index < -0.39 is 11.2 Å². The number of hydrogen-bond acceptors (Lipinski definition) is 4. The van der Waals surface area contributed by atoms with E-state index in [-0.39, 0.29) is 5.69 Å². The minimum atomic E-state index is -0.657. The minimum Gasteiger partial charge on any atom is -0.322 e. The predicted molar refractivity (Wildman–Crippen MR) is 124 cm³/mol. The van der Waals surface area contributed by atoms with Gasteiger partial charge in [-0.1, -0.05) is 50.6 Å². The van der Waals surface area contributed by atoms with Crippen LogP contribution in [0.5, 0.6) is 0 Å². The van der Waals surface area contributed by atoms with Crippen molar-refractivity contribution >= 4 is 22.6 Å². The molecule has 160 valence electrons. The molecule has 2 aromatic rings. The Balaban J connectivity index is 1.82. The molecule has 2 heterocycles. The number of aromatic amines is 1. The number of nitrogens with zero attached hydrogens (tertiary/aromatic N) is 3. The number of hydrogen-bond donors (Lipinski definition) is 1. The molecule has 0 fully saturated rings. The fourth-order valence-corrected chi connectivity index (χ4v) is 4.15.